The summed E-state index contributed by atoms with van der Waals surface area (Å²) in [7, 11) is 0. The number of hydrogen-bond donors (Lipinski definition) is 1. The summed E-state index contributed by atoms with van der Waals surface area (Å²) in [6.45, 7) is 12.6. The first-order valence-electron chi connectivity index (χ1n) is 7.58. The quantitative estimate of drug-likeness (QED) is 0.757. The van der Waals surface area contributed by atoms with Crippen LogP contribution >= 0.6 is 0 Å². The van der Waals surface area contributed by atoms with Crippen LogP contribution in [0.3, 0.4) is 0 Å². The van der Waals surface area contributed by atoms with E-state index in [4.69, 9.17) is 4.74 Å². The minimum Gasteiger partial charge on any atom is -0.373 e. The van der Waals surface area contributed by atoms with Gasteiger partial charge in [-0.1, -0.05) is 45.0 Å². The molecule has 0 heterocycles. The van der Waals surface area contributed by atoms with Crippen molar-refractivity contribution >= 4 is 0 Å². The monoisotopic (exact) mass is 263 g/mol. The predicted octanol–water partition coefficient (Wildman–Crippen LogP) is 4.24. The number of nitrogens with one attached hydrogen (secondary N) is 1. The zero-order valence-electron chi connectivity index (χ0n) is 13.1. The van der Waals surface area contributed by atoms with E-state index in [1.165, 1.54) is 11.1 Å². The lowest BCUT2D eigenvalue weighted by molar-refractivity contribution is -0.0731. The van der Waals surface area contributed by atoms with Crippen LogP contribution in [0.1, 0.15) is 57.7 Å². The Labute approximate surface area is 118 Å². The second-order valence-corrected chi connectivity index (χ2v) is 5.05. The molecular formula is C17H29NO. The maximum atomic E-state index is 6.19. The van der Waals surface area contributed by atoms with Gasteiger partial charge in [0.25, 0.3) is 0 Å². The Morgan fingerprint density at radius 3 is 2.21 bits per heavy atom. The summed E-state index contributed by atoms with van der Waals surface area (Å²) < 4.78 is 6.19. The molecule has 19 heavy (non-hydrogen) atoms. The van der Waals surface area contributed by atoms with Crippen molar-refractivity contribution < 1.29 is 4.74 Å². The highest BCUT2D eigenvalue weighted by molar-refractivity contribution is 5.31. The average molecular weight is 263 g/mol. The summed E-state index contributed by atoms with van der Waals surface area (Å²) in [6, 6.07) is 8.88. The van der Waals surface area contributed by atoms with Gasteiger partial charge in [0.2, 0.25) is 0 Å². The SMILES string of the molecule is CCNC(c1ccccc1C)C(CC)(CC)OCC. The molecule has 0 spiro atoms. The smallest absolute Gasteiger partial charge is 0.0871 e. The molecule has 2 nitrogen and oxygen atoms in total. The Morgan fingerprint density at radius 2 is 1.74 bits per heavy atom. The molecule has 0 aliphatic rings. The Kier molecular flexibility index (Phi) is 6.53. The lowest BCUT2D eigenvalue weighted by Crippen LogP contribution is -2.45. The minimum atomic E-state index is -0.114. The van der Waals surface area contributed by atoms with E-state index < -0.39 is 0 Å². The van der Waals surface area contributed by atoms with Gasteiger partial charge < -0.3 is 10.1 Å². The summed E-state index contributed by atoms with van der Waals surface area (Å²) in [5.74, 6) is 0. The summed E-state index contributed by atoms with van der Waals surface area (Å²) >= 11 is 0. The van der Waals surface area contributed by atoms with E-state index in [2.05, 4.69) is 64.2 Å². The van der Waals surface area contributed by atoms with Crippen molar-refractivity contribution in [2.45, 2.75) is 59.1 Å². The Morgan fingerprint density at radius 1 is 1.11 bits per heavy atom. The van der Waals surface area contributed by atoms with E-state index in [1.54, 1.807) is 0 Å². The summed E-state index contributed by atoms with van der Waals surface area (Å²) in [6.07, 6.45) is 2.03. The second-order valence-electron chi connectivity index (χ2n) is 5.05. The van der Waals surface area contributed by atoms with Crippen LogP contribution in [0.25, 0.3) is 0 Å². The number of likely N-dealkylation sites (N-methyl/N-ethyl adjacent to an activating group) is 1. The van der Waals surface area contributed by atoms with Gasteiger partial charge in [-0.25, -0.2) is 0 Å². The Hall–Kier alpha value is -0.860. The standard InChI is InChI=1S/C17H29NO/c1-6-17(7-2,19-9-4)16(18-8-3)15-13-11-10-12-14(15)5/h10-13,16,18H,6-9H2,1-5H3. The number of hydrogen-bond acceptors (Lipinski definition) is 2. The lowest BCUT2D eigenvalue weighted by Gasteiger charge is -2.40. The molecule has 0 radical (unpaired) electrons. The van der Waals surface area contributed by atoms with E-state index in [0.29, 0.717) is 0 Å². The average Bonchev–Trinajstić information content (AvgIpc) is 2.44. The second kappa shape index (κ2) is 7.66. The molecular weight excluding hydrogens is 234 g/mol. The van der Waals surface area contributed by atoms with Crippen LogP contribution in [0, 0.1) is 6.92 Å². The van der Waals surface area contributed by atoms with Crippen LogP contribution < -0.4 is 5.32 Å². The predicted molar refractivity (Wildman–Crippen MR) is 82.5 cm³/mol. The van der Waals surface area contributed by atoms with Gasteiger partial charge in [0.1, 0.15) is 0 Å². The topological polar surface area (TPSA) is 21.3 Å². The number of ether oxygens (including phenoxy) is 1. The van der Waals surface area contributed by atoms with Gasteiger partial charge in [0.15, 0.2) is 0 Å². The zero-order chi connectivity index (χ0) is 14.3. The van der Waals surface area contributed by atoms with Crippen LogP contribution in [-0.4, -0.2) is 18.8 Å². The molecule has 0 aliphatic carbocycles. The molecule has 0 aliphatic heterocycles. The highest BCUT2D eigenvalue weighted by Crippen LogP contribution is 2.36. The fourth-order valence-corrected chi connectivity index (χ4v) is 2.93. The molecule has 0 saturated heterocycles. The zero-order valence-corrected chi connectivity index (χ0v) is 13.1. The minimum absolute atomic E-state index is 0.114. The number of aryl methyl sites for hydroxylation is 1. The first kappa shape index (κ1) is 16.2. The maximum absolute atomic E-state index is 6.19. The largest absolute Gasteiger partial charge is 0.373 e. The summed E-state index contributed by atoms with van der Waals surface area (Å²) in [4.78, 5) is 0. The fraction of sp³-hybridized carbons (Fsp3) is 0.647. The molecule has 1 aromatic rings. The fourth-order valence-electron chi connectivity index (χ4n) is 2.93. The van der Waals surface area contributed by atoms with Crippen LogP contribution in [0.15, 0.2) is 24.3 Å². The van der Waals surface area contributed by atoms with E-state index in [1.807, 2.05) is 0 Å². The van der Waals surface area contributed by atoms with Gasteiger partial charge in [-0.15, -0.1) is 0 Å². The first-order valence-corrected chi connectivity index (χ1v) is 7.58. The Bertz CT molecular complexity index is 371. The molecule has 1 rings (SSSR count). The third-order valence-corrected chi connectivity index (χ3v) is 4.06. The molecule has 1 atom stereocenters. The van der Waals surface area contributed by atoms with E-state index in [0.717, 1.165) is 26.0 Å². The summed E-state index contributed by atoms with van der Waals surface area (Å²) in [5, 5.41) is 3.64. The molecule has 0 saturated carbocycles. The molecule has 0 bridgehead atoms. The van der Waals surface area contributed by atoms with Gasteiger partial charge in [0.05, 0.1) is 11.6 Å². The van der Waals surface area contributed by atoms with Crippen molar-refractivity contribution in [2.75, 3.05) is 13.2 Å². The van der Waals surface area contributed by atoms with Crippen molar-refractivity contribution in [2.24, 2.45) is 0 Å². The van der Waals surface area contributed by atoms with Gasteiger partial charge in [-0.05, 0) is 44.4 Å². The normalized spacial score (nSPS) is 13.5. The maximum Gasteiger partial charge on any atom is 0.0871 e. The summed E-state index contributed by atoms with van der Waals surface area (Å²) in [5.41, 5.74) is 2.58. The van der Waals surface area contributed by atoms with Gasteiger partial charge >= 0.3 is 0 Å². The van der Waals surface area contributed by atoms with E-state index >= 15 is 0 Å². The molecule has 108 valence electrons. The molecule has 0 fully saturated rings. The van der Waals surface area contributed by atoms with Crippen molar-refractivity contribution in [3.8, 4) is 0 Å². The van der Waals surface area contributed by atoms with E-state index in [9.17, 15) is 0 Å². The van der Waals surface area contributed by atoms with E-state index in [-0.39, 0.29) is 11.6 Å². The van der Waals surface area contributed by atoms with Crippen LogP contribution in [0.4, 0.5) is 0 Å². The lowest BCUT2D eigenvalue weighted by atomic mass is 9.82. The van der Waals surface area contributed by atoms with Gasteiger partial charge in [-0.2, -0.15) is 0 Å². The molecule has 0 amide bonds. The molecule has 1 aromatic carbocycles. The van der Waals surface area contributed by atoms with Crippen molar-refractivity contribution in [1.29, 1.82) is 0 Å². The highest BCUT2D eigenvalue weighted by atomic mass is 16.5. The Balaban J connectivity index is 3.20. The van der Waals surface area contributed by atoms with Gasteiger partial charge in [0, 0.05) is 6.61 Å². The third kappa shape index (κ3) is 3.58. The van der Waals surface area contributed by atoms with Crippen LogP contribution in [0.5, 0.6) is 0 Å². The number of rotatable bonds is 8. The third-order valence-electron chi connectivity index (χ3n) is 4.06. The highest BCUT2D eigenvalue weighted by Gasteiger charge is 2.37. The molecule has 1 unspecified atom stereocenters. The van der Waals surface area contributed by atoms with Crippen LogP contribution in [0.2, 0.25) is 0 Å². The van der Waals surface area contributed by atoms with Crippen LogP contribution in [-0.2, 0) is 4.74 Å². The van der Waals surface area contributed by atoms with Crippen molar-refractivity contribution in [3.05, 3.63) is 35.4 Å². The van der Waals surface area contributed by atoms with Crippen molar-refractivity contribution in [1.82, 2.24) is 5.32 Å². The number of benzene rings is 1. The first-order chi connectivity index (χ1) is 9.15. The molecule has 0 aromatic heterocycles. The molecule has 1 N–H and O–H groups in total. The van der Waals surface area contributed by atoms with Gasteiger partial charge in [-0.3, -0.25) is 0 Å². The van der Waals surface area contributed by atoms with Crippen molar-refractivity contribution in [3.63, 3.8) is 0 Å². The molecule has 2 heteroatoms.